The van der Waals surface area contributed by atoms with E-state index in [2.05, 4.69) is 29.5 Å². The lowest BCUT2D eigenvalue weighted by atomic mass is 10.2. The number of likely N-dealkylation sites (N-methyl/N-ethyl adjacent to an activating group) is 1. The smallest absolute Gasteiger partial charge is 0.243 e. The highest BCUT2D eigenvalue weighted by Crippen LogP contribution is 1.87. The van der Waals surface area contributed by atoms with Crippen LogP contribution in [0.4, 0.5) is 0 Å². The fourth-order valence-electron chi connectivity index (χ4n) is 1.03. The number of nitrogens with zero attached hydrogens (tertiary/aromatic N) is 2. The zero-order valence-corrected chi connectivity index (χ0v) is 12.1. The number of carbonyl (C=O) groups excluding carboxylic acids is 1. The number of aliphatic imine (C=N–C) groups is 1. The molecule has 1 amide bonds. The first-order valence-corrected chi connectivity index (χ1v) is 6.18. The van der Waals surface area contributed by atoms with Gasteiger partial charge in [-0.05, 0) is 5.92 Å². The minimum Gasteiger partial charge on any atom is -0.383 e. The van der Waals surface area contributed by atoms with Crippen molar-refractivity contribution in [2.24, 2.45) is 10.9 Å². The molecule has 0 saturated carbocycles. The number of guanidine groups is 1. The van der Waals surface area contributed by atoms with E-state index in [-0.39, 0.29) is 12.5 Å². The summed E-state index contributed by atoms with van der Waals surface area (Å²) in [4.78, 5) is 17.2. The van der Waals surface area contributed by atoms with Gasteiger partial charge in [-0.25, -0.2) is 4.99 Å². The number of hydrogen-bond donors (Lipinski definition) is 2. The van der Waals surface area contributed by atoms with Crippen LogP contribution < -0.4 is 10.6 Å². The van der Waals surface area contributed by atoms with Crippen LogP contribution in [0.15, 0.2) is 4.99 Å². The largest absolute Gasteiger partial charge is 0.383 e. The van der Waals surface area contributed by atoms with Crippen LogP contribution in [0.1, 0.15) is 13.8 Å². The average molecular weight is 258 g/mol. The normalized spacial score (nSPS) is 11.6. The van der Waals surface area contributed by atoms with Gasteiger partial charge in [0, 0.05) is 34.3 Å². The molecule has 0 unspecified atom stereocenters. The molecule has 6 nitrogen and oxygen atoms in total. The van der Waals surface area contributed by atoms with E-state index < -0.39 is 0 Å². The molecule has 2 N–H and O–H groups in total. The first-order chi connectivity index (χ1) is 8.47. The molecule has 106 valence electrons. The molecule has 0 heterocycles. The minimum absolute atomic E-state index is 0.0209. The van der Waals surface area contributed by atoms with Gasteiger partial charge in [-0.15, -0.1) is 0 Å². The van der Waals surface area contributed by atoms with Gasteiger partial charge in [-0.3, -0.25) is 4.79 Å². The average Bonchev–Trinajstić information content (AvgIpc) is 2.31. The second kappa shape index (κ2) is 9.70. The van der Waals surface area contributed by atoms with Crippen molar-refractivity contribution in [2.75, 3.05) is 47.4 Å². The van der Waals surface area contributed by atoms with Gasteiger partial charge in [0.05, 0.1) is 6.61 Å². The fourth-order valence-corrected chi connectivity index (χ4v) is 1.03. The lowest BCUT2D eigenvalue weighted by molar-refractivity contribution is -0.127. The number of ether oxygens (including phenoxy) is 1. The molecule has 0 saturated heterocycles. The lowest BCUT2D eigenvalue weighted by Gasteiger charge is -2.14. The molecule has 0 aliphatic heterocycles. The molecule has 0 atom stereocenters. The Morgan fingerprint density at radius 3 is 2.50 bits per heavy atom. The topological polar surface area (TPSA) is 66.0 Å². The number of rotatable bonds is 7. The highest BCUT2D eigenvalue weighted by atomic mass is 16.5. The highest BCUT2D eigenvalue weighted by Gasteiger charge is 2.04. The maximum absolute atomic E-state index is 11.5. The molecule has 0 bridgehead atoms. The zero-order chi connectivity index (χ0) is 14.0. The molecular weight excluding hydrogens is 232 g/mol. The van der Waals surface area contributed by atoms with Crippen molar-refractivity contribution in [2.45, 2.75) is 13.8 Å². The van der Waals surface area contributed by atoms with E-state index in [1.54, 1.807) is 21.2 Å². The monoisotopic (exact) mass is 258 g/mol. The van der Waals surface area contributed by atoms with E-state index in [1.807, 2.05) is 0 Å². The van der Waals surface area contributed by atoms with E-state index in [1.165, 1.54) is 4.90 Å². The third-order valence-corrected chi connectivity index (χ3v) is 2.15. The predicted octanol–water partition coefficient (Wildman–Crippen LogP) is -0.0878. The molecule has 0 spiro atoms. The molecule has 0 aromatic rings. The third-order valence-electron chi connectivity index (χ3n) is 2.15. The molecule has 0 fully saturated rings. The van der Waals surface area contributed by atoms with Crippen LogP contribution in [0.3, 0.4) is 0 Å². The van der Waals surface area contributed by atoms with Crippen molar-refractivity contribution in [1.82, 2.24) is 15.5 Å². The van der Waals surface area contributed by atoms with Gasteiger partial charge in [0.25, 0.3) is 0 Å². The second-order valence-electron chi connectivity index (χ2n) is 4.65. The maximum atomic E-state index is 11.5. The summed E-state index contributed by atoms with van der Waals surface area (Å²) < 4.78 is 4.96. The second-order valence-corrected chi connectivity index (χ2v) is 4.65. The van der Waals surface area contributed by atoms with Gasteiger partial charge in [-0.1, -0.05) is 13.8 Å². The number of nitrogens with one attached hydrogen (secondary N) is 2. The van der Waals surface area contributed by atoms with Crippen molar-refractivity contribution in [3.05, 3.63) is 0 Å². The summed E-state index contributed by atoms with van der Waals surface area (Å²) >= 11 is 0. The van der Waals surface area contributed by atoms with Crippen molar-refractivity contribution in [3.63, 3.8) is 0 Å². The van der Waals surface area contributed by atoms with E-state index in [4.69, 9.17) is 4.74 Å². The summed E-state index contributed by atoms with van der Waals surface area (Å²) in [5, 5.41) is 6.30. The van der Waals surface area contributed by atoms with Crippen molar-refractivity contribution >= 4 is 11.9 Å². The predicted molar refractivity (Wildman–Crippen MR) is 73.7 cm³/mol. The van der Waals surface area contributed by atoms with Gasteiger partial charge in [0.15, 0.2) is 5.96 Å². The zero-order valence-electron chi connectivity index (χ0n) is 12.1. The Labute approximate surface area is 110 Å². The summed E-state index contributed by atoms with van der Waals surface area (Å²) in [6.45, 7) is 6.46. The fraction of sp³-hybridized carbons (Fsp3) is 0.833. The number of amides is 1. The minimum atomic E-state index is -0.0209. The third kappa shape index (κ3) is 8.81. The molecule has 0 aliphatic rings. The summed E-state index contributed by atoms with van der Waals surface area (Å²) in [5.74, 6) is 1.15. The van der Waals surface area contributed by atoms with Gasteiger partial charge in [-0.2, -0.15) is 0 Å². The molecule has 0 aromatic heterocycles. The first-order valence-electron chi connectivity index (χ1n) is 6.18. The summed E-state index contributed by atoms with van der Waals surface area (Å²) in [7, 11) is 5.09. The Morgan fingerprint density at radius 1 is 1.33 bits per heavy atom. The van der Waals surface area contributed by atoms with Crippen molar-refractivity contribution in [3.8, 4) is 0 Å². The quantitative estimate of drug-likeness (QED) is 0.380. The molecular formula is C12H26N4O2. The summed E-state index contributed by atoms with van der Waals surface area (Å²) in [6, 6.07) is 0. The van der Waals surface area contributed by atoms with Crippen LogP contribution in [0.5, 0.6) is 0 Å². The van der Waals surface area contributed by atoms with Crippen LogP contribution in [0.25, 0.3) is 0 Å². The Hall–Kier alpha value is -1.30. The summed E-state index contributed by atoms with van der Waals surface area (Å²) in [5.41, 5.74) is 0. The van der Waals surface area contributed by atoms with E-state index in [0.29, 0.717) is 25.0 Å². The Bertz CT molecular complexity index is 265. The highest BCUT2D eigenvalue weighted by molar-refractivity contribution is 5.84. The molecule has 18 heavy (non-hydrogen) atoms. The Kier molecular flexibility index (Phi) is 9.00. The molecule has 6 heteroatoms. The Morgan fingerprint density at radius 2 is 2.00 bits per heavy atom. The number of methoxy groups -OCH3 is 1. The van der Waals surface area contributed by atoms with E-state index in [0.717, 1.165) is 6.54 Å². The Balaban J connectivity index is 4.24. The van der Waals surface area contributed by atoms with E-state index in [9.17, 15) is 4.79 Å². The maximum Gasteiger partial charge on any atom is 0.243 e. The molecule has 0 radical (unpaired) electrons. The lowest BCUT2D eigenvalue weighted by Crippen LogP contribution is -2.41. The number of carbonyl (C=O) groups is 1. The molecule has 0 aliphatic carbocycles. The summed E-state index contributed by atoms with van der Waals surface area (Å²) in [6.07, 6.45) is 0. The standard InChI is InChI=1S/C12H26N4O2/c1-10(2)8-14-12(13-6-7-18-5)15-9-11(17)16(3)4/h10H,6-9H2,1-5H3,(H2,13,14,15). The van der Waals surface area contributed by atoms with Gasteiger partial charge < -0.3 is 20.3 Å². The number of hydrogen-bond acceptors (Lipinski definition) is 3. The van der Waals surface area contributed by atoms with Crippen molar-refractivity contribution in [1.29, 1.82) is 0 Å². The van der Waals surface area contributed by atoms with Gasteiger partial charge in [0.2, 0.25) is 5.91 Å². The van der Waals surface area contributed by atoms with Gasteiger partial charge >= 0.3 is 0 Å². The van der Waals surface area contributed by atoms with Crippen LogP contribution in [-0.4, -0.2) is 64.2 Å². The first kappa shape index (κ1) is 16.7. The van der Waals surface area contributed by atoms with Crippen LogP contribution in [0.2, 0.25) is 0 Å². The van der Waals surface area contributed by atoms with Crippen molar-refractivity contribution < 1.29 is 9.53 Å². The van der Waals surface area contributed by atoms with Crippen LogP contribution in [-0.2, 0) is 9.53 Å². The van der Waals surface area contributed by atoms with Crippen LogP contribution >= 0.6 is 0 Å². The molecule has 0 rings (SSSR count). The van der Waals surface area contributed by atoms with Gasteiger partial charge in [0.1, 0.15) is 6.54 Å². The van der Waals surface area contributed by atoms with E-state index >= 15 is 0 Å². The molecule has 0 aromatic carbocycles. The van der Waals surface area contributed by atoms with Crippen LogP contribution in [0, 0.1) is 5.92 Å². The SMILES string of the molecule is COCCNC(=NCC(=O)N(C)C)NCC(C)C.